The number of carbonyl (C=O) groups excluding carboxylic acids is 1. The second kappa shape index (κ2) is 3.08. The van der Waals surface area contributed by atoms with Crippen molar-refractivity contribution in [1.82, 2.24) is 10.3 Å². The first-order valence-corrected chi connectivity index (χ1v) is 4.81. The molecule has 1 aromatic rings. The molecule has 0 bridgehead atoms. The van der Waals surface area contributed by atoms with E-state index in [-0.39, 0.29) is 11.3 Å². The fourth-order valence-corrected chi connectivity index (χ4v) is 1.72. The van der Waals surface area contributed by atoms with E-state index in [1.54, 1.807) is 12.3 Å². The van der Waals surface area contributed by atoms with E-state index in [0.717, 1.165) is 17.7 Å². The maximum Gasteiger partial charge on any atom is 0.253 e. The number of aromatic nitrogens is 1. The van der Waals surface area contributed by atoms with Gasteiger partial charge in [0, 0.05) is 12.7 Å². The highest BCUT2D eigenvalue weighted by atomic mass is 16.1. The second-order valence-corrected chi connectivity index (χ2v) is 4.52. The van der Waals surface area contributed by atoms with Gasteiger partial charge in [-0.1, -0.05) is 13.8 Å². The predicted molar refractivity (Wildman–Crippen MR) is 54.1 cm³/mol. The molecule has 1 aliphatic rings. The molecule has 1 aromatic heterocycles. The lowest BCUT2D eigenvalue weighted by atomic mass is 9.88. The molecule has 2 heterocycles. The number of hydrogen-bond acceptors (Lipinski definition) is 2. The van der Waals surface area contributed by atoms with Crippen molar-refractivity contribution in [2.45, 2.75) is 20.3 Å². The third-order valence-electron chi connectivity index (χ3n) is 2.51. The summed E-state index contributed by atoms with van der Waals surface area (Å²) >= 11 is 0. The van der Waals surface area contributed by atoms with Gasteiger partial charge < -0.3 is 5.32 Å². The zero-order chi connectivity index (χ0) is 10.2. The molecule has 14 heavy (non-hydrogen) atoms. The Labute approximate surface area is 83.5 Å². The smallest absolute Gasteiger partial charge is 0.253 e. The number of hydrogen-bond donors (Lipinski definition) is 1. The van der Waals surface area contributed by atoms with Crippen molar-refractivity contribution in [2.75, 3.05) is 6.54 Å². The summed E-state index contributed by atoms with van der Waals surface area (Å²) in [5.74, 6) is -0.00123. The van der Waals surface area contributed by atoms with E-state index in [9.17, 15) is 4.79 Å². The fourth-order valence-electron chi connectivity index (χ4n) is 1.72. The van der Waals surface area contributed by atoms with Crippen molar-refractivity contribution in [3.8, 4) is 0 Å². The van der Waals surface area contributed by atoms with E-state index in [4.69, 9.17) is 0 Å². The molecule has 0 fully saturated rings. The molecular weight excluding hydrogens is 176 g/mol. The number of nitrogens with one attached hydrogen (secondary N) is 1. The molecule has 1 aliphatic heterocycles. The molecule has 0 radical (unpaired) electrons. The Kier molecular flexibility index (Phi) is 2.02. The molecule has 0 aromatic carbocycles. The molecule has 0 spiro atoms. The topological polar surface area (TPSA) is 42.0 Å². The Hall–Kier alpha value is -1.38. The lowest BCUT2D eigenvalue weighted by Crippen LogP contribution is -2.31. The number of carbonyl (C=O) groups is 1. The van der Waals surface area contributed by atoms with Gasteiger partial charge in [-0.15, -0.1) is 0 Å². The number of fused-ring (bicyclic) bond motifs is 1. The van der Waals surface area contributed by atoms with Crippen molar-refractivity contribution in [2.24, 2.45) is 5.41 Å². The normalized spacial score (nSPS) is 19.4. The third kappa shape index (κ3) is 1.62. The summed E-state index contributed by atoms with van der Waals surface area (Å²) in [6.07, 6.45) is 2.59. The Bertz CT molecular complexity index is 371. The first-order valence-electron chi connectivity index (χ1n) is 4.81. The summed E-state index contributed by atoms with van der Waals surface area (Å²) < 4.78 is 0. The van der Waals surface area contributed by atoms with Crippen molar-refractivity contribution >= 4 is 5.91 Å². The van der Waals surface area contributed by atoms with Gasteiger partial charge in [0.15, 0.2) is 0 Å². The molecule has 1 N–H and O–H groups in total. The van der Waals surface area contributed by atoms with Crippen LogP contribution in [-0.2, 0) is 6.42 Å². The quantitative estimate of drug-likeness (QED) is 0.671. The monoisotopic (exact) mass is 190 g/mol. The molecule has 3 nitrogen and oxygen atoms in total. The molecule has 0 unspecified atom stereocenters. The average molecular weight is 190 g/mol. The summed E-state index contributed by atoms with van der Waals surface area (Å²) in [6.45, 7) is 4.98. The minimum Gasteiger partial charge on any atom is -0.351 e. The highest BCUT2D eigenvalue weighted by Gasteiger charge is 2.27. The van der Waals surface area contributed by atoms with Crippen molar-refractivity contribution in [1.29, 1.82) is 0 Å². The van der Waals surface area contributed by atoms with Crippen molar-refractivity contribution in [3.05, 3.63) is 29.6 Å². The molecule has 3 heteroatoms. The van der Waals surface area contributed by atoms with Crippen LogP contribution in [0, 0.1) is 5.41 Å². The predicted octanol–water partition coefficient (Wildman–Crippen LogP) is 1.39. The first kappa shape index (κ1) is 9.19. The standard InChI is InChI=1S/C11H14N2O/c1-11(2)6-9-8(4-3-5-12-9)10(14)13-7-11/h3-5H,6-7H2,1-2H3,(H,13,14). The van der Waals surface area contributed by atoms with Crippen LogP contribution in [0.4, 0.5) is 0 Å². The number of amides is 1. The van der Waals surface area contributed by atoms with Gasteiger partial charge in [0.25, 0.3) is 5.91 Å². The van der Waals surface area contributed by atoms with Gasteiger partial charge in [-0.3, -0.25) is 9.78 Å². The number of rotatable bonds is 0. The molecule has 2 rings (SSSR count). The molecule has 0 saturated carbocycles. The van der Waals surface area contributed by atoms with E-state index >= 15 is 0 Å². The van der Waals surface area contributed by atoms with Gasteiger partial charge in [-0.25, -0.2) is 0 Å². The lowest BCUT2D eigenvalue weighted by molar-refractivity contribution is 0.0945. The van der Waals surface area contributed by atoms with Crippen LogP contribution >= 0.6 is 0 Å². The van der Waals surface area contributed by atoms with Gasteiger partial charge in [0.2, 0.25) is 0 Å². The molecular formula is C11H14N2O. The highest BCUT2D eigenvalue weighted by Crippen LogP contribution is 2.24. The largest absolute Gasteiger partial charge is 0.351 e. The van der Waals surface area contributed by atoms with Crippen LogP contribution in [-0.4, -0.2) is 17.4 Å². The zero-order valence-corrected chi connectivity index (χ0v) is 8.50. The van der Waals surface area contributed by atoms with E-state index in [1.807, 2.05) is 6.07 Å². The zero-order valence-electron chi connectivity index (χ0n) is 8.50. The maximum absolute atomic E-state index is 11.6. The van der Waals surface area contributed by atoms with Crippen molar-refractivity contribution in [3.63, 3.8) is 0 Å². The van der Waals surface area contributed by atoms with E-state index in [0.29, 0.717) is 6.54 Å². The van der Waals surface area contributed by atoms with E-state index in [1.165, 1.54) is 0 Å². The lowest BCUT2D eigenvalue weighted by Gasteiger charge is -2.21. The summed E-state index contributed by atoms with van der Waals surface area (Å²) in [5.41, 5.74) is 1.72. The SMILES string of the molecule is CC1(C)CNC(=O)c2cccnc2C1. The van der Waals surface area contributed by atoms with Gasteiger partial charge in [-0.05, 0) is 24.0 Å². The van der Waals surface area contributed by atoms with E-state index in [2.05, 4.69) is 24.1 Å². The first-order chi connectivity index (χ1) is 6.58. The number of nitrogens with zero attached hydrogens (tertiary/aromatic N) is 1. The van der Waals surface area contributed by atoms with Gasteiger partial charge in [0.1, 0.15) is 0 Å². The van der Waals surface area contributed by atoms with Crippen LogP contribution in [0.5, 0.6) is 0 Å². The molecule has 74 valence electrons. The average Bonchev–Trinajstić information content (AvgIpc) is 2.25. The Morgan fingerprint density at radius 1 is 1.50 bits per heavy atom. The summed E-state index contributed by atoms with van der Waals surface area (Å²) in [6, 6.07) is 3.63. The molecule has 0 saturated heterocycles. The van der Waals surface area contributed by atoms with E-state index < -0.39 is 0 Å². The fraction of sp³-hybridized carbons (Fsp3) is 0.455. The summed E-state index contributed by atoms with van der Waals surface area (Å²) in [5, 5.41) is 2.91. The van der Waals surface area contributed by atoms with Crippen LogP contribution in [0.1, 0.15) is 29.9 Å². The molecule has 0 atom stereocenters. The second-order valence-electron chi connectivity index (χ2n) is 4.52. The Balaban J connectivity index is 2.46. The molecule has 1 amide bonds. The minimum absolute atomic E-state index is 0.00123. The van der Waals surface area contributed by atoms with Gasteiger partial charge in [-0.2, -0.15) is 0 Å². The Morgan fingerprint density at radius 3 is 3.07 bits per heavy atom. The highest BCUT2D eigenvalue weighted by molar-refractivity contribution is 5.95. The van der Waals surface area contributed by atoms with Crippen molar-refractivity contribution < 1.29 is 4.79 Å². The van der Waals surface area contributed by atoms with Crippen LogP contribution < -0.4 is 5.32 Å². The van der Waals surface area contributed by atoms with Crippen LogP contribution in [0.25, 0.3) is 0 Å². The summed E-state index contributed by atoms with van der Waals surface area (Å²) in [4.78, 5) is 15.9. The maximum atomic E-state index is 11.6. The van der Waals surface area contributed by atoms with Crippen LogP contribution in [0.3, 0.4) is 0 Å². The van der Waals surface area contributed by atoms with Gasteiger partial charge in [0.05, 0.1) is 11.3 Å². The number of pyridine rings is 1. The Morgan fingerprint density at radius 2 is 2.29 bits per heavy atom. The van der Waals surface area contributed by atoms with Gasteiger partial charge >= 0.3 is 0 Å². The third-order valence-corrected chi connectivity index (χ3v) is 2.51. The van der Waals surface area contributed by atoms with Crippen LogP contribution in [0.2, 0.25) is 0 Å². The van der Waals surface area contributed by atoms with Crippen LogP contribution in [0.15, 0.2) is 18.3 Å². The molecule has 0 aliphatic carbocycles. The minimum atomic E-state index is -0.00123. The summed E-state index contributed by atoms with van der Waals surface area (Å²) in [7, 11) is 0.